The largest absolute Gasteiger partial charge is 0.478 e. The van der Waals surface area contributed by atoms with Crippen LogP contribution >= 0.6 is 11.6 Å². The number of allylic oxidation sites excluding steroid dienone is 1. The zero-order valence-electron chi connectivity index (χ0n) is 14.2. The molecule has 0 aliphatic heterocycles. The number of aromatic nitrogens is 3. The highest BCUT2D eigenvalue weighted by molar-refractivity contribution is 6.33. The number of hydrogen-bond acceptors (Lipinski definition) is 5. The van der Waals surface area contributed by atoms with E-state index in [9.17, 15) is 4.79 Å². The highest BCUT2D eigenvalue weighted by Crippen LogP contribution is 2.22. The summed E-state index contributed by atoms with van der Waals surface area (Å²) in [6.45, 7) is 0.649. The van der Waals surface area contributed by atoms with Crippen molar-refractivity contribution >= 4 is 35.5 Å². The SMILES string of the molecule is O=C(O)c1ccc(Cl)c(N/N=C\C=C\c2cn(Cc3ccccc3)nn2)c1. The van der Waals surface area contributed by atoms with E-state index in [1.165, 1.54) is 24.4 Å². The van der Waals surface area contributed by atoms with Crippen LogP contribution in [0, 0.1) is 0 Å². The van der Waals surface area contributed by atoms with E-state index in [0.29, 0.717) is 22.9 Å². The predicted octanol–water partition coefficient (Wildman–Crippen LogP) is 3.79. The number of hydrogen-bond donors (Lipinski definition) is 2. The van der Waals surface area contributed by atoms with E-state index < -0.39 is 5.97 Å². The van der Waals surface area contributed by atoms with Gasteiger partial charge in [-0.15, -0.1) is 5.10 Å². The Morgan fingerprint density at radius 3 is 2.85 bits per heavy atom. The Bertz CT molecular complexity index is 983. The van der Waals surface area contributed by atoms with Gasteiger partial charge in [-0.25, -0.2) is 9.48 Å². The number of carboxylic acid groups (broad SMARTS) is 1. The second-order valence-corrected chi connectivity index (χ2v) is 5.98. The Balaban J connectivity index is 1.56. The van der Waals surface area contributed by atoms with Gasteiger partial charge >= 0.3 is 5.97 Å². The number of anilines is 1. The fourth-order valence-corrected chi connectivity index (χ4v) is 2.43. The molecule has 3 rings (SSSR count). The number of halogens is 1. The first-order chi connectivity index (χ1) is 13.1. The van der Waals surface area contributed by atoms with Gasteiger partial charge in [-0.1, -0.05) is 47.1 Å². The first kappa shape index (κ1) is 18.3. The molecule has 1 heterocycles. The number of nitrogens with zero attached hydrogens (tertiary/aromatic N) is 4. The number of aromatic carboxylic acids is 1. The van der Waals surface area contributed by atoms with Crippen LogP contribution < -0.4 is 5.43 Å². The topological polar surface area (TPSA) is 92.4 Å². The molecule has 0 spiro atoms. The fourth-order valence-electron chi connectivity index (χ4n) is 2.27. The van der Waals surface area contributed by atoms with Crippen molar-refractivity contribution in [3.8, 4) is 0 Å². The van der Waals surface area contributed by atoms with Crippen LogP contribution in [-0.2, 0) is 6.54 Å². The minimum absolute atomic E-state index is 0.127. The van der Waals surface area contributed by atoms with Crippen molar-refractivity contribution < 1.29 is 9.90 Å². The molecule has 2 N–H and O–H groups in total. The van der Waals surface area contributed by atoms with Gasteiger partial charge in [0.1, 0.15) is 5.69 Å². The van der Waals surface area contributed by atoms with Crippen molar-refractivity contribution in [2.24, 2.45) is 5.10 Å². The lowest BCUT2D eigenvalue weighted by molar-refractivity contribution is 0.0697. The molecule has 0 radical (unpaired) electrons. The van der Waals surface area contributed by atoms with Gasteiger partial charge in [-0.3, -0.25) is 5.43 Å². The molecule has 0 fully saturated rings. The zero-order chi connectivity index (χ0) is 19.1. The van der Waals surface area contributed by atoms with E-state index in [2.05, 4.69) is 20.8 Å². The first-order valence-electron chi connectivity index (χ1n) is 8.04. The van der Waals surface area contributed by atoms with E-state index in [1.54, 1.807) is 16.8 Å². The maximum atomic E-state index is 11.0. The lowest BCUT2D eigenvalue weighted by atomic mass is 10.2. The van der Waals surface area contributed by atoms with Gasteiger partial charge in [-0.05, 0) is 35.9 Å². The lowest BCUT2D eigenvalue weighted by Gasteiger charge is -2.03. The molecule has 8 heteroatoms. The van der Waals surface area contributed by atoms with Gasteiger partial charge in [0.2, 0.25) is 0 Å². The van der Waals surface area contributed by atoms with Crippen molar-refractivity contribution in [2.75, 3.05) is 5.43 Å². The van der Waals surface area contributed by atoms with Crippen LogP contribution in [0.2, 0.25) is 5.02 Å². The summed E-state index contributed by atoms with van der Waals surface area (Å²) >= 11 is 6.01. The number of rotatable bonds is 7. The summed E-state index contributed by atoms with van der Waals surface area (Å²) in [6.07, 6.45) is 6.80. The first-order valence-corrected chi connectivity index (χ1v) is 8.42. The monoisotopic (exact) mass is 381 g/mol. The van der Waals surface area contributed by atoms with Crippen LogP contribution in [0.4, 0.5) is 5.69 Å². The summed E-state index contributed by atoms with van der Waals surface area (Å²) < 4.78 is 1.75. The molecule has 0 aliphatic rings. The van der Waals surface area contributed by atoms with Crippen LogP contribution in [-0.4, -0.2) is 32.3 Å². The number of hydrazone groups is 1. The van der Waals surface area contributed by atoms with E-state index >= 15 is 0 Å². The molecular weight excluding hydrogens is 366 g/mol. The van der Waals surface area contributed by atoms with Crippen molar-refractivity contribution in [1.82, 2.24) is 15.0 Å². The second-order valence-electron chi connectivity index (χ2n) is 5.58. The molecule has 7 nitrogen and oxygen atoms in total. The Morgan fingerprint density at radius 1 is 1.26 bits per heavy atom. The Labute approximate surface area is 160 Å². The summed E-state index contributed by atoms with van der Waals surface area (Å²) in [5.74, 6) is -1.03. The third-order valence-electron chi connectivity index (χ3n) is 3.57. The van der Waals surface area contributed by atoms with Crippen molar-refractivity contribution in [3.63, 3.8) is 0 Å². The van der Waals surface area contributed by atoms with Gasteiger partial charge in [0, 0.05) is 6.21 Å². The fraction of sp³-hybridized carbons (Fsp3) is 0.0526. The van der Waals surface area contributed by atoms with Crippen LogP contribution in [0.15, 0.2) is 65.9 Å². The quantitative estimate of drug-likeness (QED) is 0.480. The van der Waals surface area contributed by atoms with Crippen molar-refractivity contribution in [2.45, 2.75) is 6.54 Å². The normalized spacial score (nSPS) is 11.3. The summed E-state index contributed by atoms with van der Waals surface area (Å²) in [5, 5.41) is 21.5. The van der Waals surface area contributed by atoms with E-state index in [-0.39, 0.29) is 5.56 Å². The molecule has 0 saturated heterocycles. The molecule has 0 aliphatic carbocycles. The highest BCUT2D eigenvalue weighted by atomic mass is 35.5. The molecule has 0 bridgehead atoms. The molecule has 0 saturated carbocycles. The Hall–Kier alpha value is -3.45. The third kappa shape index (κ3) is 5.26. The standard InChI is InChI=1S/C19H16ClN5O2/c20-17-9-8-15(19(26)27)11-18(17)23-21-10-4-7-16-13-25(24-22-16)12-14-5-2-1-3-6-14/h1-11,13,23H,12H2,(H,26,27)/b7-4+,21-10-. The Kier molecular flexibility index (Phi) is 5.96. The van der Waals surface area contributed by atoms with Crippen LogP contribution in [0.1, 0.15) is 21.6 Å². The van der Waals surface area contributed by atoms with Crippen molar-refractivity contribution in [3.05, 3.63) is 82.6 Å². The van der Waals surface area contributed by atoms with E-state index in [1.807, 2.05) is 36.5 Å². The van der Waals surface area contributed by atoms with Gasteiger partial charge in [-0.2, -0.15) is 5.10 Å². The molecule has 2 aromatic carbocycles. The number of benzene rings is 2. The van der Waals surface area contributed by atoms with Gasteiger partial charge < -0.3 is 5.11 Å². The lowest BCUT2D eigenvalue weighted by Crippen LogP contribution is -1.99. The average molecular weight is 382 g/mol. The molecule has 27 heavy (non-hydrogen) atoms. The summed E-state index contributed by atoms with van der Waals surface area (Å²) in [5.41, 5.74) is 5.09. The maximum absolute atomic E-state index is 11.0. The summed E-state index contributed by atoms with van der Waals surface area (Å²) in [6, 6.07) is 14.3. The molecule has 3 aromatic rings. The van der Waals surface area contributed by atoms with Crippen molar-refractivity contribution in [1.29, 1.82) is 0 Å². The van der Waals surface area contributed by atoms with E-state index in [0.717, 1.165) is 5.56 Å². The third-order valence-corrected chi connectivity index (χ3v) is 3.90. The summed E-state index contributed by atoms with van der Waals surface area (Å²) in [4.78, 5) is 11.0. The maximum Gasteiger partial charge on any atom is 0.335 e. The average Bonchev–Trinajstić information content (AvgIpc) is 3.10. The minimum atomic E-state index is -1.03. The molecule has 0 unspecified atom stereocenters. The highest BCUT2D eigenvalue weighted by Gasteiger charge is 2.06. The van der Waals surface area contributed by atoms with Gasteiger partial charge in [0.05, 0.1) is 29.0 Å². The molecule has 1 aromatic heterocycles. The van der Waals surface area contributed by atoms with Crippen LogP contribution in [0.5, 0.6) is 0 Å². The minimum Gasteiger partial charge on any atom is -0.478 e. The Morgan fingerprint density at radius 2 is 2.07 bits per heavy atom. The zero-order valence-corrected chi connectivity index (χ0v) is 14.9. The molecule has 0 atom stereocenters. The van der Waals surface area contributed by atoms with Crippen LogP contribution in [0.3, 0.4) is 0 Å². The number of carbonyl (C=O) groups is 1. The smallest absolute Gasteiger partial charge is 0.335 e. The number of carboxylic acids is 1. The van der Waals surface area contributed by atoms with Gasteiger partial charge in [0.25, 0.3) is 0 Å². The van der Waals surface area contributed by atoms with Crippen LogP contribution in [0.25, 0.3) is 6.08 Å². The predicted molar refractivity (Wildman–Crippen MR) is 105 cm³/mol. The second kappa shape index (κ2) is 8.77. The molecule has 136 valence electrons. The van der Waals surface area contributed by atoms with E-state index in [4.69, 9.17) is 16.7 Å². The van der Waals surface area contributed by atoms with Gasteiger partial charge in [0.15, 0.2) is 0 Å². The molecular formula is C19H16ClN5O2. The summed E-state index contributed by atoms with van der Waals surface area (Å²) in [7, 11) is 0. The number of nitrogens with one attached hydrogen (secondary N) is 1. The molecule has 0 amide bonds.